The van der Waals surface area contributed by atoms with Crippen molar-refractivity contribution in [2.24, 2.45) is 0 Å². The van der Waals surface area contributed by atoms with Gasteiger partial charge in [-0.25, -0.2) is 9.78 Å². The smallest absolute Gasteiger partial charge is 0.319 e. The lowest BCUT2D eigenvalue weighted by Crippen LogP contribution is -2.34. The Hall–Kier alpha value is -1.95. The summed E-state index contributed by atoms with van der Waals surface area (Å²) >= 11 is 3.38. The first kappa shape index (κ1) is 15.4. The highest BCUT2D eigenvalue weighted by molar-refractivity contribution is 9.10. The van der Waals surface area contributed by atoms with Gasteiger partial charge in [0.25, 0.3) is 0 Å². The molecule has 0 unspecified atom stereocenters. The Labute approximate surface area is 132 Å². The van der Waals surface area contributed by atoms with Crippen LogP contribution in [0.15, 0.2) is 41.0 Å². The molecule has 0 radical (unpaired) electrons. The molecule has 0 fully saturated rings. The Bertz CT molecular complexity index is 633. The predicted octanol–water partition coefficient (Wildman–Crippen LogP) is 3.77. The van der Waals surface area contributed by atoms with Crippen molar-refractivity contribution in [2.45, 2.75) is 19.9 Å². The van der Waals surface area contributed by atoms with Crippen LogP contribution in [0.4, 0.5) is 10.6 Å². The third-order valence-electron chi connectivity index (χ3n) is 3.27. The number of nitrogens with one attached hydrogen (secondary N) is 1. The van der Waals surface area contributed by atoms with Crippen LogP contribution in [-0.2, 0) is 0 Å². The normalized spacial score (nSPS) is 11.8. The lowest BCUT2D eigenvalue weighted by molar-refractivity contribution is 0.207. The summed E-state index contributed by atoms with van der Waals surface area (Å²) in [6.07, 6.45) is 1.72. The summed E-state index contributed by atoms with van der Waals surface area (Å²) < 4.78 is 0.913. The molecule has 0 saturated heterocycles. The van der Waals surface area contributed by atoms with Crippen LogP contribution in [0, 0.1) is 6.92 Å². The van der Waals surface area contributed by atoms with Gasteiger partial charge < -0.3 is 4.90 Å². The third-order valence-corrected chi connectivity index (χ3v) is 4.11. The molecule has 2 rings (SSSR count). The number of amides is 2. The van der Waals surface area contributed by atoms with Gasteiger partial charge in [-0.05, 0) is 54.0 Å². The Morgan fingerprint density at radius 1 is 1.33 bits per heavy atom. The maximum Gasteiger partial charge on any atom is 0.323 e. The second-order valence-electron chi connectivity index (χ2n) is 4.74. The van der Waals surface area contributed by atoms with E-state index in [0.29, 0.717) is 5.82 Å². The minimum atomic E-state index is -0.220. The first-order valence-corrected chi connectivity index (χ1v) is 7.36. The molecule has 0 saturated carbocycles. The van der Waals surface area contributed by atoms with Gasteiger partial charge in [0.1, 0.15) is 5.82 Å². The molecule has 1 atom stereocenters. The zero-order valence-electron chi connectivity index (χ0n) is 12.2. The van der Waals surface area contributed by atoms with E-state index >= 15 is 0 Å². The van der Waals surface area contributed by atoms with E-state index in [0.717, 1.165) is 15.9 Å². The Kier molecular flexibility index (Phi) is 4.90. The van der Waals surface area contributed by atoms with Gasteiger partial charge in [0.15, 0.2) is 0 Å². The van der Waals surface area contributed by atoms with Crippen molar-refractivity contribution in [3.63, 3.8) is 0 Å². The van der Waals surface area contributed by atoms with Crippen LogP contribution in [0.25, 0.3) is 0 Å². The Balaban J connectivity index is 2.07. The van der Waals surface area contributed by atoms with E-state index in [4.69, 9.17) is 0 Å². The molecule has 2 aromatic heterocycles. The molecule has 0 aromatic carbocycles. The van der Waals surface area contributed by atoms with Gasteiger partial charge in [0.05, 0.1) is 17.4 Å². The number of aromatic nitrogens is 2. The van der Waals surface area contributed by atoms with Crippen LogP contribution in [0.2, 0.25) is 0 Å². The fourth-order valence-corrected chi connectivity index (χ4v) is 2.03. The topological polar surface area (TPSA) is 58.1 Å². The molecule has 0 bridgehead atoms. The van der Waals surface area contributed by atoms with E-state index in [-0.39, 0.29) is 12.1 Å². The lowest BCUT2D eigenvalue weighted by atomic mass is 10.2. The summed E-state index contributed by atoms with van der Waals surface area (Å²) in [4.78, 5) is 22.4. The summed E-state index contributed by atoms with van der Waals surface area (Å²) in [6.45, 7) is 3.81. The standard InChI is InChI=1S/C15H17BrN4O/c1-10-12(16)7-8-14(18-10)19-15(21)20(3)11(2)13-6-4-5-9-17-13/h4-9,11H,1-3H3,(H,18,19,21)/t11-/m1/s1. The number of pyridine rings is 2. The second-order valence-corrected chi connectivity index (χ2v) is 5.59. The van der Waals surface area contributed by atoms with Gasteiger partial charge in [0.2, 0.25) is 0 Å². The number of hydrogen-bond donors (Lipinski definition) is 1. The largest absolute Gasteiger partial charge is 0.323 e. The number of aryl methyl sites for hydroxylation is 1. The fourth-order valence-electron chi connectivity index (χ4n) is 1.81. The molecule has 5 nitrogen and oxygen atoms in total. The average molecular weight is 349 g/mol. The number of halogens is 1. The van der Waals surface area contributed by atoms with Crippen molar-refractivity contribution in [3.05, 3.63) is 52.4 Å². The molecule has 1 N–H and O–H groups in total. The molecule has 21 heavy (non-hydrogen) atoms. The molecule has 2 amide bonds. The van der Waals surface area contributed by atoms with Crippen LogP contribution >= 0.6 is 15.9 Å². The van der Waals surface area contributed by atoms with Crippen molar-refractivity contribution in [3.8, 4) is 0 Å². The SMILES string of the molecule is Cc1nc(NC(=O)N(C)[C@H](C)c2ccccn2)ccc1Br. The maximum atomic E-state index is 12.3. The van der Waals surface area contributed by atoms with Gasteiger partial charge >= 0.3 is 6.03 Å². The van der Waals surface area contributed by atoms with Gasteiger partial charge in [-0.1, -0.05) is 6.07 Å². The van der Waals surface area contributed by atoms with Crippen LogP contribution in [0.3, 0.4) is 0 Å². The minimum Gasteiger partial charge on any atom is -0.319 e. The first-order valence-electron chi connectivity index (χ1n) is 6.57. The molecular weight excluding hydrogens is 332 g/mol. The second kappa shape index (κ2) is 6.67. The molecule has 0 aliphatic carbocycles. The molecule has 2 heterocycles. The molecule has 6 heteroatoms. The highest BCUT2D eigenvalue weighted by Gasteiger charge is 2.18. The maximum absolute atomic E-state index is 12.3. The first-order chi connectivity index (χ1) is 9.99. The van der Waals surface area contributed by atoms with E-state index in [1.165, 1.54) is 0 Å². The number of anilines is 1. The zero-order chi connectivity index (χ0) is 15.4. The summed E-state index contributed by atoms with van der Waals surface area (Å²) in [5.41, 5.74) is 1.67. The van der Waals surface area contributed by atoms with Gasteiger partial charge in [0, 0.05) is 17.7 Å². The fraction of sp³-hybridized carbons (Fsp3) is 0.267. The summed E-state index contributed by atoms with van der Waals surface area (Å²) in [6, 6.07) is 8.94. The molecule has 0 aliphatic heterocycles. The van der Waals surface area contributed by atoms with Crippen molar-refractivity contribution >= 4 is 27.8 Å². The summed E-state index contributed by atoms with van der Waals surface area (Å²) in [5, 5.41) is 2.79. The van der Waals surface area contributed by atoms with E-state index in [1.807, 2.05) is 38.1 Å². The molecule has 110 valence electrons. The highest BCUT2D eigenvalue weighted by atomic mass is 79.9. The van der Waals surface area contributed by atoms with Gasteiger partial charge in [-0.15, -0.1) is 0 Å². The quantitative estimate of drug-likeness (QED) is 0.918. The monoisotopic (exact) mass is 348 g/mol. The number of urea groups is 1. The summed E-state index contributed by atoms with van der Waals surface area (Å²) in [5.74, 6) is 0.528. The van der Waals surface area contributed by atoms with Gasteiger partial charge in [-0.3, -0.25) is 10.3 Å². The number of hydrogen-bond acceptors (Lipinski definition) is 3. The number of nitrogens with zero attached hydrogens (tertiary/aromatic N) is 3. The molecule has 0 spiro atoms. The van der Waals surface area contributed by atoms with Crippen molar-refractivity contribution in [2.75, 3.05) is 12.4 Å². The van der Waals surface area contributed by atoms with Crippen LogP contribution in [0.5, 0.6) is 0 Å². The lowest BCUT2D eigenvalue weighted by Gasteiger charge is -2.24. The number of carbonyl (C=O) groups is 1. The van der Waals surface area contributed by atoms with E-state index < -0.39 is 0 Å². The highest BCUT2D eigenvalue weighted by Crippen LogP contribution is 2.19. The number of rotatable bonds is 3. The van der Waals surface area contributed by atoms with Crippen molar-refractivity contribution in [1.82, 2.24) is 14.9 Å². The van der Waals surface area contributed by atoms with Crippen LogP contribution < -0.4 is 5.32 Å². The Morgan fingerprint density at radius 2 is 2.10 bits per heavy atom. The Morgan fingerprint density at radius 3 is 2.71 bits per heavy atom. The average Bonchev–Trinajstić information content (AvgIpc) is 2.50. The predicted molar refractivity (Wildman–Crippen MR) is 86.1 cm³/mol. The van der Waals surface area contributed by atoms with E-state index in [9.17, 15) is 4.79 Å². The van der Waals surface area contributed by atoms with Crippen molar-refractivity contribution < 1.29 is 4.79 Å². The van der Waals surface area contributed by atoms with Crippen LogP contribution in [-0.4, -0.2) is 27.9 Å². The zero-order valence-corrected chi connectivity index (χ0v) is 13.8. The van der Waals surface area contributed by atoms with Crippen LogP contribution in [0.1, 0.15) is 24.4 Å². The van der Waals surface area contributed by atoms with Gasteiger partial charge in [-0.2, -0.15) is 0 Å². The summed E-state index contributed by atoms with van der Waals surface area (Å²) in [7, 11) is 1.74. The molecular formula is C15H17BrN4O. The minimum absolute atomic E-state index is 0.122. The third kappa shape index (κ3) is 3.78. The van der Waals surface area contributed by atoms with E-state index in [1.54, 1.807) is 24.2 Å². The molecule has 0 aliphatic rings. The van der Waals surface area contributed by atoms with Crippen molar-refractivity contribution in [1.29, 1.82) is 0 Å². The number of carbonyl (C=O) groups excluding carboxylic acids is 1. The molecule has 2 aromatic rings. The van der Waals surface area contributed by atoms with E-state index in [2.05, 4.69) is 31.2 Å².